The molecule has 1 fully saturated rings. The summed E-state index contributed by atoms with van der Waals surface area (Å²) in [5.41, 5.74) is 1.82. The molecule has 2 aliphatic rings. The number of para-hydroxylation sites is 1. The first-order chi connectivity index (χ1) is 13.2. The van der Waals surface area contributed by atoms with E-state index in [9.17, 15) is 10.1 Å². The van der Waals surface area contributed by atoms with Crippen molar-refractivity contribution in [1.82, 2.24) is 4.90 Å². The van der Waals surface area contributed by atoms with Gasteiger partial charge in [-0.2, -0.15) is 10.4 Å². The van der Waals surface area contributed by atoms with Crippen LogP contribution in [0.25, 0.3) is 0 Å². The maximum Gasteiger partial charge on any atom is 0.287 e. The van der Waals surface area contributed by atoms with E-state index < -0.39 is 0 Å². The molecule has 1 unspecified atom stereocenters. The molecule has 2 aromatic rings. The van der Waals surface area contributed by atoms with E-state index in [2.05, 4.69) is 22.1 Å². The van der Waals surface area contributed by atoms with Gasteiger partial charge in [-0.3, -0.25) is 4.79 Å². The van der Waals surface area contributed by atoms with Crippen molar-refractivity contribution in [3.05, 3.63) is 54.6 Å². The Kier molecular flexibility index (Phi) is 4.38. The van der Waals surface area contributed by atoms with E-state index in [1.807, 2.05) is 48.5 Å². The van der Waals surface area contributed by atoms with Crippen LogP contribution in [0.5, 0.6) is 5.75 Å². The quantitative estimate of drug-likeness (QED) is 0.837. The molecule has 2 aromatic carbocycles. The van der Waals surface area contributed by atoms with E-state index in [4.69, 9.17) is 4.74 Å². The number of carbonyl (C=O) groups is 1. The Labute approximate surface area is 157 Å². The van der Waals surface area contributed by atoms with Crippen molar-refractivity contribution in [3.63, 3.8) is 0 Å². The molecular weight excluding hydrogens is 342 g/mol. The number of rotatable bonds is 3. The van der Waals surface area contributed by atoms with Gasteiger partial charge < -0.3 is 14.5 Å². The Hall–Kier alpha value is -3.53. The SMILES string of the molecule is COc1ccc(N2N=C(C#N)C(=O)N3CCN(c4ccccc4)CC32)cc1. The van der Waals surface area contributed by atoms with Gasteiger partial charge >= 0.3 is 0 Å². The van der Waals surface area contributed by atoms with Gasteiger partial charge in [0.15, 0.2) is 0 Å². The second kappa shape index (κ2) is 7.00. The van der Waals surface area contributed by atoms with Gasteiger partial charge in [-0.05, 0) is 36.4 Å². The molecule has 0 bridgehead atoms. The Bertz CT molecular complexity index is 904. The lowest BCUT2D eigenvalue weighted by atomic mass is 10.1. The summed E-state index contributed by atoms with van der Waals surface area (Å²) in [6.07, 6.45) is -0.281. The fourth-order valence-electron chi connectivity index (χ4n) is 3.47. The van der Waals surface area contributed by atoms with Gasteiger partial charge in [-0.15, -0.1) is 0 Å². The molecule has 136 valence electrons. The molecule has 1 atom stereocenters. The summed E-state index contributed by atoms with van der Waals surface area (Å²) in [4.78, 5) is 16.6. The fraction of sp³-hybridized carbons (Fsp3) is 0.250. The molecule has 2 aliphatic heterocycles. The van der Waals surface area contributed by atoms with Crippen LogP contribution in [0.2, 0.25) is 0 Å². The van der Waals surface area contributed by atoms with Crippen molar-refractivity contribution in [2.75, 3.05) is 36.7 Å². The second-order valence-corrected chi connectivity index (χ2v) is 6.36. The van der Waals surface area contributed by atoms with Gasteiger partial charge in [0.05, 0.1) is 19.3 Å². The number of hydrogen-bond acceptors (Lipinski definition) is 6. The first-order valence-electron chi connectivity index (χ1n) is 8.74. The highest BCUT2D eigenvalue weighted by Gasteiger charge is 2.40. The number of nitriles is 1. The number of anilines is 2. The largest absolute Gasteiger partial charge is 0.497 e. The first-order valence-corrected chi connectivity index (χ1v) is 8.74. The van der Waals surface area contributed by atoms with Crippen molar-refractivity contribution < 1.29 is 9.53 Å². The molecule has 1 saturated heterocycles. The molecule has 1 amide bonds. The number of hydrazone groups is 1. The highest BCUT2D eigenvalue weighted by molar-refractivity contribution is 6.45. The van der Waals surface area contributed by atoms with Crippen LogP contribution >= 0.6 is 0 Å². The van der Waals surface area contributed by atoms with Crippen LogP contribution in [-0.2, 0) is 4.79 Å². The average Bonchev–Trinajstić information content (AvgIpc) is 2.74. The van der Waals surface area contributed by atoms with Crippen LogP contribution in [0.15, 0.2) is 59.7 Å². The van der Waals surface area contributed by atoms with Crippen molar-refractivity contribution in [1.29, 1.82) is 5.26 Å². The van der Waals surface area contributed by atoms with Crippen molar-refractivity contribution >= 4 is 23.0 Å². The third-order valence-electron chi connectivity index (χ3n) is 4.87. The average molecular weight is 361 g/mol. The summed E-state index contributed by atoms with van der Waals surface area (Å²) in [5, 5.41) is 15.5. The number of fused-ring (bicyclic) bond motifs is 1. The Morgan fingerprint density at radius 1 is 1.07 bits per heavy atom. The molecule has 0 spiro atoms. The summed E-state index contributed by atoms with van der Waals surface area (Å²) in [7, 11) is 1.61. The van der Waals surface area contributed by atoms with Crippen LogP contribution in [0, 0.1) is 11.3 Å². The topological polar surface area (TPSA) is 72.2 Å². The van der Waals surface area contributed by atoms with Crippen LogP contribution in [0.1, 0.15) is 0 Å². The smallest absolute Gasteiger partial charge is 0.287 e. The number of hydrogen-bond donors (Lipinski definition) is 0. The fourth-order valence-corrected chi connectivity index (χ4v) is 3.47. The van der Waals surface area contributed by atoms with Gasteiger partial charge in [-0.1, -0.05) is 18.2 Å². The van der Waals surface area contributed by atoms with E-state index >= 15 is 0 Å². The van der Waals surface area contributed by atoms with Crippen molar-refractivity contribution in [3.8, 4) is 11.8 Å². The van der Waals surface area contributed by atoms with Crippen LogP contribution < -0.4 is 14.6 Å². The standard InChI is InChI=1S/C20H19N5O2/c1-27-17-9-7-16(8-10-17)25-19-14-23(15-5-3-2-4-6-15)11-12-24(19)20(26)18(13-21)22-25/h2-10,19H,11-12,14H2,1H3. The van der Waals surface area contributed by atoms with Gasteiger partial charge in [0, 0.05) is 18.8 Å². The zero-order valence-electron chi connectivity index (χ0n) is 14.9. The maximum absolute atomic E-state index is 12.6. The zero-order chi connectivity index (χ0) is 18.8. The zero-order valence-corrected chi connectivity index (χ0v) is 14.9. The summed E-state index contributed by atoms with van der Waals surface area (Å²) in [6.45, 7) is 1.84. The number of amides is 1. The predicted molar refractivity (Wildman–Crippen MR) is 103 cm³/mol. The number of piperazine rings is 1. The highest BCUT2D eigenvalue weighted by Crippen LogP contribution is 2.29. The van der Waals surface area contributed by atoms with Gasteiger partial charge in [-0.25, -0.2) is 5.01 Å². The number of methoxy groups -OCH3 is 1. The molecule has 0 N–H and O–H groups in total. The minimum absolute atomic E-state index is 0.0878. The molecular formula is C20H19N5O2. The lowest BCUT2D eigenvalue weighted by molar-refractivity contribution is -0.127. The Balaban J connectivity index is 1.69. The lowest BCUT2D eigenvalue weighted by Crippen LogP contribution is -2.64. The third-order valence-corrected chi connectivity index (χ3v) is 4.87. The lowest BCUT2D eigenvalue weighted by Gasteiger charge is -2.47. The first kappa shape index (κ1) is 16.9. The van der Waals surface area contributed by atoms with E-state index in [1.165, 1.54) is 0 Å². The summed E-state index contributed by atoms with van der Waals surface area (Å²) < 4.78 is 5.22. The summed E-state index contributed by atoms with van der Waals surface area (Å²) in [5.74, 6) is 0.433. The summed E-state index contributed by atoms with van der Waals surface area (Å²) in [6, 6.07) is 19.5. The number of nitrogens with zero attached hydrogens (tertiary/aromatic N) is 5. The van der Waals surface area contributed by atoms with Crippen LogP contribution in [0.4, 0.5) is 11.4 Å². The van der Waals surface area contributed by atoms with E-state index in [0.29, 0.717) is 19.6 Å². The van der Waals surface area contributed by atoms with Gasteiger partial charge in [0.2, 0.25) is 5.71 Å². The normalized spacial score (nSPS) is 19.3. The molecule has 27 heavy (non-hydrogen) atoms. The van der Waals surface area contributed by atoms with Gasteiger partial charge in [0.1, 0.15) is 18.0 Å². The second-order valence-electron chi connectivity index (χ2n) is 6.36. The predicted octanol–water partition coefficient (Wildman–Crippen LogP) is 2.07. The molecule has 0 saturated carbocycles. The molecule has 0 aliphatic carbocycles. The summed E-state index contributed by atoms with van der Waals surface area (Å²) >= 11 is 0. The number of benzene rings is 2. The van der Waals surface area contributed by atoms with Crippen LogP contribution in [-0.4, -0.2) is 49.4 Å². The van der Waals surface area contributed by atoms with Crippen LogP contribution in [0.3, 0.4) is 0 Å². The molecule has 4 rings (SSSR count). The Morgan fingerprint density at radius 2 is 1.81 bits per heavy atom. The van der Waals surface area contributed by atoms with Crippen molar-refractivity contribution in [2.24, 2.45) is 5.10 Å². The molecule has 2 heterocycles. The minimum atomic E-state index is -0.306. The monoisotopic (exact) mass is 361 g/mol. The Morgan fingerprint density at radius 3 is 2.48 bits per heavy atom. The number of carbonyl (C=O) groups excluding carboxylic acids is 1. The molecule has 0 radical (unpaired) electrons. The van der Waals surface area contributed by atoms with E-state index in [1.54, 1.807) is 17.0 Å². The van der Waals surface area contributed by atoms with Crippen molar-refractivity contribution in [2.45, 2.75) is 6.17 Å². The minimum Gasteiger partial charge on any atom is -0.497 e. The molecule has 0 aromatic heterocycles. The van der Waals surface area contributed by atoms with E-state index in [0.717, 1.165) is 17.1 Å². The maximum atomic E-state index is 12.6. The molecule has 7 heteroatoms. The van der Waals surface area contributed by atoms with Gasteiger partial charge in [0.25, 0.3) is 5.91 Å². The molecule has 7 nitrogen and oxygen atoms in total. The third kappa shape index (κ3) is 3.06. The highest BCUT2D eigenvalue weighted by atomic mass is 16.5. The number of ether oxygens (including phenoxy) is 1. The van der Waals surface area contributed by atoms with E-state index in [-0.39, 0.29) is 17.8 Å².